The Labute approximate surface area is 232 Å². The van der Waals surface area contributed by atoms with Crippen molar-refractivity contribution in [3.05, 3.63) is 47.3 Å². The van der Waals surface area contributed by atoms with Crippen LogP contribution in [0.5, 0.6) is 5.75 Å². The van der Waals surface area contributed by atoms with Gasteiger partial charge in [0.25, 0.3) is 5.91 Å². The summed E-state index contributed by atoms with van der Waals surface area (Å²) in [5.41, 5.74) is -2.12. The van der Waals surface area contributed by atoms with Gasteiger partial charge in [0.15, 0.2) is 11.2 Å². The number of anilines is 2. The zero-order valence-electron chi connectivity index (χ0n) is 22.6. The second-order valence-electron chi connectivity index (χ2n) is 11.0. The fourth-order valence-corrected chi connectivity index (χ4v) is 5.98. The number of aromatic nitrogens is 1. The van der Waals surface area contributed by atoms with Crippen molar-refractivity contribution in [1.82, 2.24) is 10.3 Å². The molecule has 11 heteroatoms. The van der Waals surface area contributed by atoms with Gasteiger partial charge in [0.1, 0.15) is 17.4 Å². The Morgan fingerprint density at radius 2 is 1.90 bits per heavy atom. The first-order chi connectivity index (χ1) is 18.3. The van der Waals surface area contributed by atoms with Crippen LogP contribution in [0.2, 0.25) is 0 Å². The molecule has 0 saturated carbocycles. The molecule has 2 aromatic rings. The number of hydrogen-bond acceptors (Lipinski definition) is 7. The van der Waals surface area contributed by atoms with Crippen LogP contribution in [-0.2, 0) is 17.4 Å². The van der Waals surface area contributed by atoms with E-state index in [1.54, 1.807) is 18.7 Å². The van der Waals surface area contributed by atoms with Gasteiger partial charge >= 0.3 is 6.18 Å². The van der Waals surface area contributed by atoms with Crippen molar-refractivity contribution >= 4 is 29.9 Å². The number of alkyl halides is 3. The maximum absolute atomic E-state index is 13.6. The third kappa shape index (κ3) is 5.68. The summed E-state index contributed by atoms with van der Waals surface area (Å²) in [6, 6.07) is 7.93. The predicted molar refractivity (Wildman–Crippen MR) is 147 cm³/mol. The van der Waals surface area contributed by atoms with E-state index in [1.165, 1.54) is 11.0 Å². The largest absolute Gasteiger partial charge is 0.493 e. The first kappa shape index (κ1) is 29.0. The molecule has 0 bridgehead atoms. The number of halogens is 3. The average molecular weight is 562 g/mol. The Kier molecular flexibility index (Phi) is 8.11. The summed E-state index contributed by atoms with van der Waals surface area (Å²) < 4.78 is 47.0. The molecule has 0 radical (unpaired) electrons. The number of hydrogen-bond donors (Lipinski definition) is 2. The summed E-state index contributed by atoms with van der Waals surface area (Å²) in [7, 11) is 0. The minimum atomic E-state index is -4.80. The zero-order chi connectivity index (χ0) is 28.6. The lowest BCUT2D eigenvalue weighted by Crippen LogP contribution is -2.45. The molecule has 2 aliphatic heterocycles. The van der Waals surface area contributed by atoms with Crippen molar-refractivity contribution in [3.8, 4) is 11.8 Å². The van der Waals surface area contributed by atoms with Gasteiger partial charge in [0.05, 0.1) is 24.1 Å². The van der Waals surface area contributed by atoms with Gasteiger partial charge in [-0.15, -0.1) is 12.6 Å². The highest BCUT2D eigenvalue weighted by atomic mass is 32.1. The first-order valence-corrected chi connectivity index (χ1v) is 13.6. The minimum absolute atomic E-state index is 0.0797. The number of rotatable bonds is 7. The van der Waals surface area contributed by atoms with Crippen molar-refractivity contribution in [2.75, 3.05) is 29.5 Å². The van der Waals surface area contributed by atoms with Crippen LogP contribution in [0.3, 0.4) is 0 Å². The molecule has 1 unspecified atom stereocenters. The van der Waals surface area contributed by atoms with E-state index in [2.05, 4.69) is 29.9 Å². The first-order valence-electron chi connectivity index (χ1n) is 13.1. The highest BCUT2D eigenvalue weighted by Crippen LogP contribution is 2.43. The number of aryl methyl sites for hydroxylation is 1. The summed E-state index contributed by atoms with van der Waals surface area (Å²) in [6.45, 7) is 10.4. The number of piperidine rings is 1. The average Bonchev–Trinajstić information content (AvgIpc) is 3.06. The van der Waals surface area contributed by atoms with Gasteiger partial charge < -0.3 is 15.0 Å². The topological polar surface area (TPSA) is 81.5 Å². The number of pyridine rings is 1. The molecule has 210 valence electrons. The van der Waals surface area contributed by atoms with E-state index >= 15 is 0 Å². The molecule has 2 fully saturated rings. The molecule has 4 rings (SSSR count). The maximum atomic E-state index is 13.6. The van der Waals surface area contributed by atoms with Crippen LogP contribution in [0.4, 0.5) is 24.5 Å². The molecular weight excluding hydrogens is 527 g/mol. The molecule has 1 aromatic carbocycles. The second-order valence-corrected chi connectivity index (χ2v) is 11.4. The molecule has 1 aromatic heterocycles. The van der Waals surface area contributed by atoms with Crippen LogP contribution in [0, 0.1) is 16.7 Å². The van der Waals surface area contributed by atoms with E-state index in [4.69, 9.17) is 10.00 Å². The Hall–Kier alpha value is -2.97. The number of amides is 1. The Morgan fingerprint density at radius 3 is 2.51 bits per heavy atom. The van der Waals surface area contributed by atoms with Crippen molar-refractivity contribution < 1.29 is 22.7 Å². The number of nitriles is 1. The highest BCUT2D eigenvalue weighted by Gasteiger charge is 2.52. The molecular formula is C28H34F3N5O2S. The van der Waals surface area contributed by atoms with E-state index in [1.807, 2.05) is 25.1 Å². The second kappa shape index (κ2) is 10.9. The number of nitrogens with one attached hydrogen (secondary N) is 1. The molecule has 2 saturated heterocycles. The predicted octanol–water partition coefficient (Wildman–Crippen LogP) is 5.54. The van der Waals surface area contributed by atoms with Crippen LogP contribution < -0.4 is 19.9 Å². The third-order valence-electron chi connectivity index (χ3n) is 7.85. The third-order valence-corrected chi connectivity index (χ3v) is 8.31. The number of ether oxygens (including phenoxy) is 1. The van der Waals surface area contributed by atoms with E-state index in [9.17, 15) is 18.0 Å². The molecule has 7 nitrogen and oxygen atoms in total. The number of carbonyl (C=O) groups is 1. The quantitative estimate of drug-likeness (QED) is 0.432. The van der Waals surface area contributed by atoms with Crippen molar-refractivity contribution in [2.45, 2.75) is 70.6 Å². The van der Waals surface area contributed by atoms with Crippen molar-refractivity contribution in [2.24, 2.45) is 5.41 Å². The lowest BCUT2D eigenvalue weighted by molar-refractivity contribution is -0.138. The van der Waals surface area contributed by atoms with Crippen LogP contribution in [0.1, 0.15) is 63.8 Å². The lowest BCUT2D eigenvalue weighted by Gasteiger charge is -2.34. The zero-order valence-corrected chi connectivity index (χ0v) is 23.5. The lowest BCUT2D eigenvalue weighted by atomic mass is 9.78. The van der Waals surface area contributed by atoms with Crippen LogP contribution in [-0.4, -0.2) is 41.6 Å². The minimum Gasteiger partial charge on any atom is -0.493 e. The van der Waals surface area contributed by atoms with E-state index < -0.39 is 34.4 Å². The summed E-state index contributed by atoms with van der Waals surface area (Å²) in [6.07, 6.45) is 0.197. The summed E-state index contributed by atoms with van der Waals surface area (Å²) >= 11 is 4.67. The molecule has 2 aliphatic rings. The van der Waals surface area contributed by atoms with E-state index in [0.29, 0.717) is 18.7 Å². The molecule has 3 heterocycles. The molecule has 39 heavy (non-hydrogen) atoms. The highest BCUT2D eigenvalue weighted by molar-refractivity contribution is 7.81. The number of benzene rings is 1. The van der Waals surface area contributed by atoms with Gasteiger partial charge in [0, 0.05) is 5.69 Å². The fourth-order valence-electron chi connectivity index (χ4n) is 5.32. The standard InChI is InChI=1S/C28H34F3N5O2S/c1-5-18-14-19(6-7-23(18)38-13-10-27(4)8-11-33-12-9-27)36-25(39)35(24(37)26(36,2)3)20-15-21(28(29,30)31)22(16-32)34-17-20/h6-7,14-15,17,25,33,39H,5,8-13H2,1-4H3. The maximum Gasteiger partial charge on any atom is 0.419 e. The smallest absolute Gasteiger partial charge is 0.419 e. The molecule has 0 aliphatic carbocycles. The Balaban J connectivity index is 1.59. The van der Waals surface area contributed by atoms with Crippen LogP contribution in [0.15, 0.2) is 30.5 Å². The number of nitrogens with zero attached hydrogens (tertiary/aromatic N) is 4. The van der Waals surface area contributed by atoms with Crippen LogP contribution >= 0.6 is 12.6 Å². The van der Waals surface area contributed by atoms with Crippen molar-refractivity contribution in [3.63, 3.8) is 0 Å². The molecule has 1 N–H and O–H groups in total. The summed E-state index contributed by atoms with van der Waals surface area (Å²) in [5.74, 6) is 0.344. The number of carbonyl (C=O) groups excluding carboxylic acids is 1. The summed E-state index contributed by atoms with van der Waals surface area (Å²) in [5, 5.41) is 12.5. The van der Waals surface area contributed by atoms with Crippen molar-refractivity contribution in [1.29, 1.82) is 5.26 Å². The van der Waals surface area contributed by atoms with E-state index in [0.717, 1.165) is 55.9 Å². The van der Waals surface area contributed by atoms with Gasteiger partial charge in [-0.2, -0.15) is 18.4 Å². The van der Waals surface area contributed by atoms with Gasteiger partial charge in [-0.05, 0) is 87.9 Å². The Bertz CT molecular complexity index is 1270. The SMILES string of the molecule is CCc1cc(N2C(S)N(c3cnc(C#N)c(C(F)(F)F)c3)C(=O)C2(C)C)ccc1OCCC1(C)CCNCC1. The monoisotopic (exact) mass is 561 g/mol. The molecule has 1 atom stereocenters. The van der Waals surface area contributed by atoms with E-state index in [-0.39, 0.29) is 11.1 Å². The van der Waals surface area contributed by atoms with Gasteiger partial charge in [0.2, 0.25) is 0 Å². The molecule has 1 amide bonds. The normalized spacial score (nSPS) is 20.7. The fraction of sp³-hybridized carbons (Fsp3) is 0.536. The van der Waals surface area contributed by atoms with Gasteiger partial charge in [-0.25, -0.2) is 4.98 Å². The number of thiol groups is 1. The van der Waals surface area contributed by atoms with Gasteiger partial charge in [-0.1, -0.05) is 13.8 Å². The molecule has 0 spiro atoms. The Morgan fingerprint density at radius 1 is 1.21 bits per heavy atom. The summed E-state index contributed by atoms with van der Waals surface area (Å²) in [4.78, 5) is 20.1. The van der Waals surface area contributed by atoms with Crippen LogP contribution in [0.25, 0.3) is 0 Å². The van der Waals surface area contributed by atoms with Gasteiger partial charge in [-0.3, -0.25) is 9.69 Å².